The number of ketones is 1. The summed E-state index contributed by atoms with van der Waals surface area (Å²) < 4.78 is 1.39. The van der Waals surface area contributed by atoms with E-state index in [1.807, 2.05) is 0 Å². The minimum Gasteiger partial charge on any atom is -0.691 e. The highest BCUT2D eigenvalue weighted by Gasteiger charge is 2.18. The molecular formula is C11H12N4O4. The first-order chi connectivity index (χ1) is 9.02. The van der Waals surface area contributed by atoms with Gasteiger partial charge in [0.25, 0.3) is 5.69 Å². The smallest absolute Gasteiger partial charge is 0.274 e. The van der Waals surface area contributed by atoms with Crippen LogP contribution in [0.1, 0.15) is 19.8 Å². The molecule has 19 heavy (non-hydrogen) atoms. The first-order valence-electron chi connectivity index (χ1n) is 5.79. The minimum absolute atomic E-state index is 0.0722. The van der Waals surface area contributed by atoms with E-state index >= 15 is 0 Å². The van der Waals surface area contributed by atoms with Crippen LogP contribution in [0.4, 0.5) is 5.69 Å². The number of aryl methyl sites for hydroxylation is 1. The molecule has 0 saturated carbocycles. The van der Waals surface area contributed by atoms with E-state index in [9.17, 15) is 20.1 Å². The molecular weight excluding hydrogens is 252 g/mol. The summed E-state index contributed by atoms with van der Waals surface area (Å²) in [5.74, 6) is 0.0722. The number of nitro groups is 1. The number of carbonyl (C=O) groups is 1. The van der Waals surface area contributed by atoms with Crippen molar-refractivity contribution in [1.29, 1.82) is 0 Å². The van der Waals surface area contributed by atoms with Crippen molar-refractivity contribution >= 4 is 22.5 Å². The molecule has 0 radical (unpaired) electrons. The highest BCUT2D eigenvalue weighted by molar-refractivity contribution is 5.78. The summed E-state index contributed by atoms with van der Waals surface area (Å²) in [6.07, 6.45) is 0.715. The second kappa shape index (κ2) is 5.01. The van der Waals surface area contributed by atoms with Crippen LogP contribution in [-0.2, 0) is 11.3 Å². The second-order valence-corrected chi connectivity index (χ2v) is 4.06. The number of nitro benzene ring substituents is 1. The number of aromatic nitrogens is 3. The molecule has 0 bridgehead atoms. The summed E-state index contributed by atoms with van der Waals surface area (Å²) in [5.41, 5.74) is 0.434. The van der Waals surface area contributed by atoms with Crippen LogP contribution in [0.25, 0.3) is 11.0 Å². The average molecular weight is 264 g/mol. The highest BCUT2D eigenvalue weighted by Crippen LogP contribution is 2.18. The van der Waals surface area contributed by atoms with Gasteiger partial charge in [-0.2, -0.15) is 0 Å². The van der Waals surface area contributed by atoms with Gasteiger partial charge in [0.2, 0.25) is 5.52 Å². The van der Waals surface area contributed by atoms with Crippen LogP contribution in [-0.4, -0.2) is 20.6 Å². The molecule has 100 valence electrons. The van der Waals surface area contributed by atoms with Crippen molar-refractivity contribution in [3.63, 3.8) is 0 Å². The van der Waals surface area contributed by atoms with E-state index in [4.69, 9.17) is 0 Å². The summed E-state index contributed by atoms with van der Waals surface area (Å²) in [4.78, 5) is 21.7. The Labute approximate surface area is 108 Å². The molecule has 2 aromatic rings. The van der Waals surface area contributed by atoms with Crippen LogP contribution in [0.3, 0.4) is 0 Å². The molecule has 0 aliphatic rings. The number of carbonyl (C=O) groups excluding carboxylic acids is 1. The topological polar surface area (TPSA) is 105 Å². The molecule has 8 nitrogen and oxygen atoms in total. The predicted molar refractivity (Wildman–Crippen MR) is 65.3 cm³/mol. The number of hydrogen-bond donors (Lipinski definition) is 0. The number of benzene rings is 1. The summed E-state index contributed by atoms with van der Waals surface area (Å²) in [6.45, 7) is 2.05. The third-order valence-corrected chi connectivity index (χ3v) is 2.84. The van der Waals surface area contributed by atoms with Crippen molar-refractivity contribution in [1.82, 2.24) is 9.90 Å². The van der Waals surface area contributed by atoms with Gasteiger partial charge < -0.3 is 5.21 Å². The van der Waals surface area contributed by atoms with Gasteiger partial charge in [0, 0.05) is 18.9 Å². The lowest BCUT2D eigenvalue weighted by atomic mass is 10.2. The fourth-order valence-corrected chi connectivity index (χ4v) is 1.76. The molecule has 2 rings (SSSR count). The third kappa shape index (κ3) is 2.51. The standard InChI is InChI=1S/C11H12N4O4/c1-2-9(16)5-6-13-10-4-3-8(15(18)19)7-11(10)14(17)12-13/h3-4,7H,2,5-6H2,1H3. The maximum Gasteiger partial charge on any atom is 0.274 e. The Bertz CT molecular complexity index is 649. The Balaban J connectivity index is 2.36. The lowest BCUT2D eigenvalue weighted by Crippen LogP contribution is -2.29. The van der Waals surface area contributed by atoms with Gasteiger partial charge in [-0.05, 0) is 6.07 Å². The van der Waals surface area contributed by atoms with Gasteiger partial charge in [-0.3, -0.25) is 14.9 Å². The third-order valence-electron chi connectivity index (χ3n) is 2.84. The molecule has 0 saturated heterocycles. The molecule has 0 amide bonds. The van der Waals surface area contributed by atoms with Gasteiger partial charge in [-0.25, -0.2) is 0 Å². The van der Waals surface area contributed by atoms with Gasteiger partial charge in [0.15, 0.2) is 5.52 Å². The lowest BCUT2D eigenvalue weighted by molar-refractivity contribution is -0.646. The van der Waals surface area contributed by atoms with Gasteiger partial charge in [0.05, 0.1) is 16.2 Å². The summed E-state index contributed by atoms with van der Waals surface area (Å²) in [6, 6.07) is 3.95. The van der Waals surface area contributed by atoms with Gasteiger partial charge >= 0.3 is 0 Å². The number of non-ortho nitro benzene ring substituents is 1. The zero-order valence-corrected chi connectivity index (χ0v) is 10.3. The Morgan fingerprint density at radius 1 is 1.53 bits per heavy atom. The van der Waals surface area contributed by atoms with Gasteiger partial charge in [-0.15, -0.1) is 9.53 Å². The normalized spacial score (nSPS) is 10.8. The van der Waals surface area contributed by atoms with E-state index < -0.39 is 4.92 Å². The number of nitrogens with zero attached hydrogens (tertiary/aromatic N) is 4. The first-order valence-corrected chi connectivity index (χ1v) is 5.79. The zero-order chi connectivity index (χ0) is 14.0. The van der Waals surface area contributed by atoms with Crippen LogP contribution in [0.2, 0.25) is 0 Å². The zero-order valence-electron chi connectivity index (χ0n) is 10.3. The molecule has 0 fully saturated rings. The Kier molecular flexibility index (Phi) is 3.41. The average Bonchev–Trinajstić information content (AvgIpc) is 2.72. The predicted octanol–water partition coefficient (Wildman–Crippen LogP) is 0.947. The van der Waals surface area contributed by atoms with Crippen molar-refractivity contribution in [3.05, 3.63) is 33.5 Å². The quantitative estimate of drug-likeness (QED) is 0.346. The van der Waals surface area contributed by atoms with Crippen LogP contribution >= 0.6 is 0 Å². The second-order valence-electron chi connectivity index (χ2n) is 4.06. The van der Waals surface area contributed by atoms with Gasteiger partial charge in [-0.1, -0.05) is 6.92 Å². The Morgan fingerprint density at radius 2 is 2.26 bits per heavy atom. The summed E-state index contributed by atoms with van der Waals surface area (Å²) >= 11 is 0. The van der Waals surface area contributed by atoms with Crippen LogP contribution in [0.15, 0.2) is 18.2 Å². The van der Waals surface area contributed by atoms with E-state index in [1.165, 1.54) is 22.9 Å². The molecule has 1 aromatic heterocycles. The fourth-order valence-electron chi connectivity index (χ4n) is 1.76. The van der Waals surface area contributed by atoms with E-state index in [1.54, 1.807) is 6.92 Å². The van der Waals surface area contributed by atoms with Crippen molar-refractivity contribution in [2.45, 2.75) is 26.3 Å². The highest BCUT2D eigenvalue weighted by atomic mass is 16.6. The number of Topliss-reactive ketones (excluding diaryl/α,β-unsaturated/α-hetero) is 1. The largest absolute Gasteiger partial charge is 0.691 e. The van der Waals surface area contributed by atoms with Crippen molar-refractivity contribution in [2.75, 3.05) is 0 Å². The summed E-state index contributed by atoms with van der Waals surface area (Å²) in [5, 5.41) is 25.9. The molecule has 0 spiro atoms. The Morgan fingerprint density at radius 3 is 2.89 bits per heavy atom. The maximum atomic E-state index is 11.6. The van der Waals surface area contributed by atoms with Crippen LogP contribution in [0, 0.1) is 15.3 Å². The monoisotopic (exact) mass is 264 g/mol. The fraction of sp³-hybridized carbons (Fsp3) is 0.364. The first kappa shape index (κ1) is 12.9. The molecule has 0 N–H and O–H groups in total. The van der Waals surface area contributed by atoms with Crippen molar-refractivity contribution in [2.24, 2.45) is 0 Å². The van der Waals surface area contributed by atoms with Crippen LogP contribution < -0.4 is 4.85 Å². The van der Waals surface area contributed by atoms with Crippen LogP contribution in [0.5, 0.6) is 0 Å². The Hall–Kier alpha value is -2.51. The maximum absolute atomic E-state index is 11.6. The SMILES string of the molecule is CCC(=O)CCn1n[n+]([O-])c2cc([N+](=O)[O-])ccc21. The number of rotatable bonds is 5. The molecule has 1 heterocycles. The van der Waals surface area contributed by atoms with Crippen molar-refractivity contribution < 1.29 is 14.6 Å². The molecule has 0 aliphatic heterocycles. The molecule has 8 heteroatoms. The van der Waals surface area contributed by atoms with E-state index in [0.717, 1.165) is 0 Å². The molecule has 0 aliphatic carbocycles. The minimum atomic E-state index is -0.572. The molecule has 1 aromatic carbocycles. The van der Waals surface area contributed by atoms with E-state index in [2.05, 4.69) is 5.21 Å². The van der Waals surface area contributed by atoms with Crippen molar-refractivity contribution in [3.8, 4) is 0 Å². The molecule has 0 unspecified atom stereocenters. The number of fused-ring (bicyclic) bond motifs is 1. The lowest BCUT2D eigenvalue weighted by Gasteiger charge is -1.94. The summed E-state index contributed by atoms with van der Waals surface area (Å²) in [7, 11) is 0. The number of hydrogen-bond acceptors (Lipinski definition) is 5. The van der Waals surface area contributed by atoms with E-state index in [-0.39, 0.29) is 30.0 Å². The molecule has 0 atom stereocenters. The van der Waals surface area contributed by atoms with E-state index in [0.29, 0.717) is 16.8 Å². The van der Waals surface area contributed by atoms with Gasteiger partial charge in [0.1, 0.15) is 12.3 Å².